The van der Waals surface area contributed by atoms with Crippen LogP contribution in [-0.4, -0.2) is 13.6 Å². The standard InChI is InChI=1S/C25H28ClN5/c1-3-4-5-6-19-31(2)25-17-15-24(16-18-25)30-29-23-13-11-22(12-14-23)28-27-21-9-7-20(26)8-10-21/h7-18H,3-6,19H2,1-2H3. The Morgan fingerprint density at radius 2 is 1.03 bits per heavy atom. The predicted octanol–water partition coefficient (Wildman–Crippen LogP) is 9.19. The molecule has 5 nitrogen and oxygen atoms in total. The maximum Gasteiger partial charge on any atom is 0.0858 e. The summed E-state index contributed by atoms with van der Waals surface area (Å²) in [6.07, 6.45) is 5.08. The van der Waals surface area contributed by atoms with E-state index in [9.17, 15) is 0 Å². The van der Waals surface area contributed by atoms with E-state index in [0.717, 1.165) is 29.3 Å². The van der Waals surface area contributed by atoms with Crippen LogP contribution < -0.4 is 4.90 Å². The molecule has 0 spiro atoms. The summed E-state index contributed by atoms with van der Waals surface area (Å²) in [7, 11) is 2.13. The molecule has 160 valence electrons. The fourth-order valence-electron chi connectivity index (χ4n) is 3.00. The van der Waals surface area contributed by atoms with Crippen LogP contribution in [-0.2, 0) is 0 Å². The normalized spacial score (nSPS) is 11.5. The van der Waals surface area contributed by atoms with Crippen molar-refractivity contribution in [3.63, 3.8) is 0 Å². The van der Waals surface area contributed by atoms with Crippen LogP contribution in [0.3, 0.4) is 0 Å². The number of hydrogen-bond acceptors (Lipinski definition) is 5. The van der Waals surface area contributed by atoms with Crippen LogP contribution in [0.25, 0.3) is 0 Å². The molecule has 0 amide bonds. The molecule has 3 aromatic rings. The minimum atomic E-state index is 0.678. The molecular formula is C25H28ClN5. The monoisotopic (exact) mass is 433 g/mol. The average molecular weight is 434 g/mol. The summed E-state index contributed by atoms with van der Waals surface area (Å²) in [6.45, 7) is 3.31. The molecule has 0 saturated heterocycles. The van der Waals surface area contributed by atoms with Gasteiger partial charge in [-0.2, -0.15) is 20.5 Å². The molecular weight excluding hydrogens is 406 g/mol. The van der Waals surface area contributed by atoms with Crippen LogP contribution >= 0.6 is 11.6 Å². The maximum atomic E-state index is 5.88. The van der Waals surface area contributed by atoms with Gasteiger partial charge >= 0.3 is 0 Å². The quantitative estimate of drug-likeness (QED) is 0.232. The molecule has 0 unspecified atom stereocenters. The Morgan fingerprint density at radius 1 is 0.613 bits per heavy atom. The van der Waals surface area contributed by atoms with Gasteiger partial charge in [-0.15, -0.1) is 0 Å². The summed E-state index contributed by atoms with van der Waals surface area (Å²) in [6, 6.07) is 22.9. The molecule has 0 fully saturated rings. The van der Waals surface area contributed by atoms with Gasteiger partial charge in [0.25, 0.3) is 0 Å². The van der Waals surface area contributed by atoms with E-state index in [1.807, 2.05) is 48.5 Å². The van der Waals surface area contributed by atoms with Gasteiger partial charge in [0.1, 0.15) is 0 Å². The zero-order valence-electron chi connectivity index (χ0n) is 18.1. The largest absolute Gasteiger partial charge is 0.375 e. The van der Waals surface area contributed by atoms with Crippen LogP contribution in [0, 0.1) is 0 Å². The Morgan fingerprint density at radius 3 is 1.48 bits per heavy atom. The lowest BCUT2D eigenvalue weighted by Crippen LogP contribution is -2.18. The first-order valence-corrected chi connectivity index (χ1v) is 11.0. The number of anilines is 1. The minimum absolute atomic E-state index is 0.678. The zero-order chi connectivity index (χ0) is 21.9. The van der Waals surface area contributed by atoms with Crippen molar-refractivity contribution in [3.8, 4) is 0 Å². The molecule has 0 N–H and O–H groups in total. The van der Waals surface area contributed by atoms with Crippen molar-refractivity contribution in [1.29, 1.82) is 0 Å². The van der Waals surface area contributed by atoms with Crippen LogP contribution in [0.1, 0.15) is 32.6 Å². The molecule has 0 bridgehead atoms. The second-order valence-electron chi connectivity index (χ2n) is 7.39. The van der Waals surface area contributed by atoms with E-state index >= 15 is 0 Å². The number of azo groups is 2. The lowest BCUT2D eigenvalue weighted by molar-refractivity contribution is 0.661. The van der Waals surface area contributed by atoms with Gasteiger partial charge in [-0.3, -0.25) is 0 Å². The lowest BCUT2D eigenvalue weighted by Gasteiger charge is -2.19. The van der Waals surface area contributed by atoms with E-state index in [-0.39, 0.29) is 0 Å². The Labute approximate surface area is 189 Å². The van der Waals surface area contributed by atoms with Crippen LogP contribution in [0.5, 0.6) is 0 Å². The first-order valence-electron chi connectivity index (χ1n) is 10.6. The first-order chi connectivity index (χ1) is 15.1. The lowest BCUT2D eigenvalue weighted by atomic mass is 10.2. The van der Waals surface area contributed by atoms with Crippen molar-refractivity contribution >= 4 is 40.0 Å². The number of benzene rings is 3. The van der Waals surface area contributed by atoms with Crippen molar-refractivity contribution < 1.29 is 0 Å². The summed E-state index contributed by atoms with van der Waals surface area (Å²) in [5, 5.41) is 17.8. The van der Waals surface area contributed by atoms with Gasteiger partial charge in [0, 0.05) is 24.3 Å². The Bertz CT molecular complexity index is 980. The van der Waals surface area contributed by atoms with E-state index in [1.54, 1.807) is 12.1 Å². The molecule has 3 aromatic carbocycles. The van der Waals surface area contributed by atoms with Gasteiger partial charge in [-0.05, 0) is 79.2 Å². The molecule has 0 aromatic heterocycles. The molecule has 0 aliphatic rings. The van der Waals surface area contributed by atoms with E-state index in [4.69, 9.17) is 11.6 Å². The smallest absolute Gasteiger partial charge is 0.0858 e. The third kappa shape index (κ3) is 7.61. The predicted molar refractivity (Wildman–Crippen MR) is 130 cm³/mol. The molecule has 6 heteroatoms. The molecule has 0 atom stereocenters. The van der Waals surface area contributed by atoms with Crippen molar-refractivity contribution in [3.05, 3.63) is 77.8 Å². The fourth-order valence-corrected chi connectivity index (χ4v) is 3.13. The summed E-state index contributed by atoms with van der Waals surface area (Å²) in [5.41, 5.74) is 4.30. The molecule has 0 saturated carbocycles. The van der Waals surface area contributed by atoms with E-state index in [2.05, 4.69) is 51.5 Å². The zero-order valence-corrected chi connectivity index (χ0v) is 18.8. The summed E-state index contributed by atoms with van der Waals surface area (Å²) < 4.78 is 0. The highest BCUT2D eigenvalue weighted by molar-refractivity contribution is 6.30. The van der Waals surface area contributed by atoms with Crippen LogP contribution in [0.15, 0.2) is 93.3 Å². The molecule has 0 radical (unpaired) electrons. The van der Waals surface area contributed by atoms with Crippen molar-refractivity contribution in [2.24, 2.45) is 20.5 Å². The van der Waals surface area contributed by atoms with Gasteiger partial charge < -0.3 is 4.90 Å². The topological polar surface area (TPSA) is 52.7 Å². The highest BCUT2D eigenvalue weighted by Gasteiger charge is 2.01. The van der Waals surface area contributed by atoms with Gasteiger partial charge in [0.2, 0.25) is 0 Å². The van der Waals surface area contributed by atoms with E-state index in [1.165, 1.54) is 31.4 Å². The molecule has 0 heterocycles. The number of unbranched alkanes of at least 4 members (excludes halogenated alkanes) is 3. The number of halogens is 1. The third-order valence-electron chi connectivity index (χ3n) is 4.88. The van der Waals surface area contributed by atoms with Gasteiger partial charge in [-0.25, -0.2) is 0 Å². The van der Waals surface area contributed by atoms with Gasteiger partial charge in [-0.1, -0.05) is 37.8 Å². The number of rotatable bonds is 10. The van der Waals surface area contributed by atoms with Gasteiger partial charge in [0.05, 0.1) is 22.7 Å². The summed E-state index contributed by atoms with van der Waals surface area (Å²) in [4.78, 5) is 2.29. The molecule has 31 heavy (non-hydrogen) atoms. The molecule has 0 aliphatic carbocycles. The van der Waals surface area contributed by atoms with Crippen molar-refractivity contribution in [2.75, 3.05) is 18.5 Å². The minimum Gasteiger partial charge on any atom is -0.375 e. The fraction of sp³-hybridized carbons (Fsp3) is 0.280. The van der Waals surface area contributed by atoms with E-state index in [0.29, 0.717) is 5.02 Å². The average Bonchev–Trinajstić information content (AvgIpc) is 2.81. The maximum absolute atomic E-state index is 5.88. The SMILES string of the molecule is CCCCCCN(C)c1ccc(N=Nc2ccc(N=Nc3ccc(Cl)cc3)cc2)cc1. The summed E-state index contributed by atoms with van der Waals surface area (Å²) >= 11 is 5.88. The summed E-state index contributed by atoms with van der Waals surface area (Å²) in [5.74, 6) is 0. The molecule has 0 aliphatic heterocycles. The Balaban J connectivity index is 1.53. The van der Waals surface area contributed by atoms with Crippen molar-refractivity contribution in [1.82, 2.24) is 0 Å². The Kier molecular flexibility index (Phi) is 8.73. The Hall–Kier alpha value is -3.05. The highest BCUT2D eigenvalue weighted by atomic mass is 35.5. The van der Waals surface area contributed by atoms with Crippen molar-refractivity contribution in [2.45, 2.75) is 32.6 Å². The second-order valence-corrected chi connectivity index (χ2v) is 7.83. The number of hydrogen-bond donors (Lipinski definition) is 0. The number of nitrogens with zero attached hydrogens (tertiary/aromatic N) is 5. The third-order valence-corrected chi connectivity index (χ3v) is 5.13. The van der Waals surface area contributed by atoms with Gasteiger partial charge in [0.15, 0.2) is 0 Å². The highest BCUT2D eigenvalue weighted by Crippen LogP contribution is 2.25. The van der Waals surface area contributed by atoms with Crippen LogP contribution in [0.2, 0.25) is 5.02 Å². The first kappa shape index (κ1) is 22.6. The van der Waals surface area contributed by atoms with Crippen LogP contribution in [0.4, 0.5) is 28.4 Å². The second kappa shape index (κ2) is 12.0. The van der Waals surface area contributed by atoms with E-state index < -0.39 is 0 Å². The molecule has 3 rings (SSSR count).